The van der Waals surface area contributed by atoms with Gasteiger partial charge in [-0.05, 0) is 24.8 Å². The molecular weight excluding hydrogens is 224 g/mol. The molecule has 1 aromatic heterocycles. The molecule has 1 N–H and O–H groups in total. The Bertz CT molecular complexity index is 342. The zero-order chi connectivity index (χ0) is 11.4. The third kappa shape index (κ3) is 3.35. The highest BCUT2D eigenvalue weighted by atomic mass is 35.5. The Morgan fingerprint density at radius 3 is 3.06 bits per heavy atom. The minimum absolute atomic E-state index is 0.269. The monoisotopic (exact) mass is 240 g/mol. The van der Waals surface area contributed by atoms with Gasteiger partial charge in [0.15, 0.2) is 0 Å². The van der Waals surface area contributed by atoms with Crippen LogP contribution >= 0.6 is 11.6 Å². The van der Waals surface area contributed by atoms with Crippen LogP contribution in [0.15, 0.2) is 18.2 Å². The molecule has 1 saturated carbocycles. The SMILES string of the molecule is COc1cccc(CNCC(Cl)C2CC2)n1. The van der Waals surface area contributed by atoms with Crippen LogP contribution < -0.4 is 10.1 Å². The Hall–Kier alpha value is -0.800. The number of nitrogens with one attached hydrogen (secondary N) is 1. The third-order valence-corrected chi connectivity index (χ3v) is 3.28. The summed E-state index contributed by atoms with van der Waals surface area (Å²) in [5.41, 5.74) is 0.985. The topological polar surface area (TPSA) is 34.1 Å². The van der Waals surface area contributed by atoms with Crippen LogP contribution in [0.25, 0.3) is 0 Å². The van der Waals surface area contributed by atoms with E-state index in [0.717, 1.165) is 24.7 Å². The second kappa shape index (κ2) is 5.51. The molecular formula is C12H17ClN2O. The molecule has 0 bridgehead atoms. The molecule has 4 heteroatoms. The van der Waals surface area contributed by atoms with Gasteiger partial charge in [0, 0.05) is 24.5 Å². The lowest BCUT2D eigenvalue weighted by molar-refractivity contribution is 0.395. The average Bonchev–Trinajstić information content (AvgIpc) is 3.13. The van der Waals surface area contributed by atoms with E-state index in [-0.39, 0.29) is 5.38 Å². The van der Waals surface area contributed by atoms with E-state index in [1.165, 1.54) is 12.8 Å². The van der Waals surface area contributed by atoms with Crippen molar-refractivity contribution < 1.29 is 4.74 Å². The molecule has 1 atom stereocenters. The van der Waals surface area contributed by atoms with E-state index in [0.29, 0.717) is 5.88 Å². The van der Waals surface area contributed by atoms with Crippen molar-refractivity contribution in [1.29, 1.82) is 0 Å². The molecule has 1 aliphatic rings. The van der Waals surface area contributed by atoms with Gasteiger partial charge in [-0.3, -0.25) is 0 Å². The highest BCUT2D eigenvalue weighted by Gasteiger charge is 2.29. The first-order chi connectivity index (χ1) is 7.79. The van der Waals surface area contributed by atoms with E-state index in [4.69, 9.17) is 16.3 Å². The molecule has 1 fully saturated rings. The number of aromatic nitrogens is 1. The van der Waals surface area contributed by atoms with E-state index in [1.807, 2.05) is 18.2 Å². The number of rotatable bonds is 6. The van der Waals surface area contributed by atoms with E-state index in [2.05, 4.69) is 10.3 Å². The maximum absolute atomic E-state index is 6.20. The molecule has 1 aromatic rings. The standard InChI is InChI=1S/C12H17ClN2O/c1-16-12-4-2-3-10(15-12)7-14-8-11(13)9-5-6-9/h2-4,9,11,14H,5-8H2,1H3. The zero-order valence-corrected chi connectivity index (χ0v) is 10.2. The normalized spacial score (nSPS) is 17.1. The highest BCUT2D eigenvalue weighted by Crippen LogP contribution is 2.35. The van der Waals surface area contributed by atoms with Crippen LogP contribution in [0, 0.1) is 5.92 Å². The summed E-state index contributed by atoms with van der Waals surface area (Å²) < 4.78 is 5.07. The average molecular weight is 241 g/mol. The van der Waals surface area contributed by atoms with Crippen molar-refractivity contribution in [3.8, 4) is 5.88 Å². The number of halogens is 1. The summed E-state index contributed by atoms with van der Waals surface area (Å²) in [7, 11) is 1.63. The van der Waals surface area contributed by atoms with Gasteiger partial charge in [0.25, 0.3) is 0 Å². The quantitative estimate of drug-likeness (QED) is 0.775. The van der Waals surface area contributed by atoms with Crippen LogP contribution in [-0.4, -0.2) is 24.0 Å². The number of hydrogen-bond donors (Lipinski definition) is 1. The predicted molar refractivity (Wildman–Crippen MR) is 64.9 cm³/mol. The van der Waals surface area contributed by atoms with E-state index in [9.17, 15) is 0 Å². The van der Waals surface area contributed by atoms with Crippen molar-refractivity contribution in [2.45, 2.75) is 24.8 Å². The van der Waals surface area contributed by atoms with Crippen LogP contribution in [-0.2, 0) is 6.54 Å². The fraction of sp³-hybridized carbons (Fsp3) is 0.583. The Balaban J connectivity index is 1.75. The highest BCUT2D eigenvalue weighted by molar-refractivity contribution is 6.21. The summed E-state index contributed by atoms with van der Waals surface area (Å²) in [4.78, 5) is 4.32. The maximum atomic E-state index is 6.20. The van der Waals surface area contributed by atoms with Gasteiger partial charge in [-0.25, -0.2) is 4.98 Å². The van der Waals surface area contributed by atoms with Crippen LogP contribution in [0.4, 0.5) is 0 Å². The Morgan fingerprint density at radius 1 is 1.56 bits per heavy atom. The molecule has 0 amide bonds. The molecule has 1 aliphatic carbocycles. The molecule has 0 radical (unpaired) electrons. The van der Waals surface area contributed by atoms with Crippen molar-refractivity contribution in [3.63, 3.8) is 0 Å². The van der Waals surface area contributed by atoms with Crippen molar-refractivity contribution >= 4 is 11.6 Å². The van der Waals surface area contributed by atoms with Crippen molar-refractivity contribution in [2.24, 2.45) is 5.92 Å². The number of alkyl halides is 1. The summed E-state index contributed by atoms with van der Waals surface area (Å²) in [5, 5.41) is 3.59. The molecule has 0 aliphatic heterocycles. The van der Waals surface area contributed by atoms with Crippen LogP contribution in [0.5, 0.6) is 5.88 Å². The summed E-state index contributed by atoms with van der Waals surface area (Å²) in [6, 6.07) is 5.77. The van der Waals surface area contributed by atoms with Gasteiger partial charge in [-0.1, -0.05) is 6.07 Å². The van der Waals surface area contributed by atoms with Gasteiger partial charge < -0.3 is 10.1 Å². The third-order valence-electron chi connectivity index (χ3n) is 2.77. The lowest BCUT2D eigenvalue weighted by atomic mass is 10.3. The lowest BCUT2D eigenvalue weighted by Gasteiger charge is -2.09. The fourth-order valence-electron chi connectivity index (χ4n) is 1.63. The zero-order valence-electron chi connectivity index (χ0n) is 9.45. The summed E-state index contributed by atoms with van der Waals surface area (Å²) in [5.74, 6) is 1.39. The number of nitrogens with zero attached hydrogens (tertiary/aromatic N) is 1. The summed E-state index contributed by atoms with van der Waals surface area (Å²) in [6.45, 7) is 1.60. The largest absolute Gasteiger partial charge is 0.481 e. The second-order valence-electron chi connectivity index (χ2n) is 4.16. The molecule has 1 heterocycles. The molecule has 0 saturated heterocycles. The molecule has 3 nitrogen and oxygen atoms in total. The van der Waals surface area contributed by atoms with Crippen molar-refractivity contribution in [1.82, 2.24) is 10.3 Å². The number of hydrogen-bond acceptors (Lipinski definition) is 3. The van der Waals surface area contributed by atoms with Gasteiger partial charge in [0.1, 0.15) is 0 Å². The smallest absolute Gasteiger partial charge is 0.213 e. The van der Waals surface area contributed by atoms with E-state index in [1.54, 1.807) is 7.11 Å². The first-order valence-corrected chi connectivity index (χ1v) is 6.08. The van der Waals surface area contributed by atoms with Gasteiger partial charge >= 0.3 is 0 Å². The first kappa shape index (κ1) is 11.7. The molecule has 1 unspecified atom stereocenters. The van der Waals surface area contributed by atoms with Crippen molar-refractivity contribution in [3.05, 3.63) is 23.9 Å². The second-order valence-corrected chi connectivity index (χ2v) is 4.72. The van der Waals surface area contributed by atoms with Crippen LogP contribution in [0.1, 0.15) is 18.5 Å². The Kier molecular flexibility index (Phi) is 4.02. The summed E-state index contributed by atoms with van der Waals surface area (Å²) >= 11 is 6.20. The molecule has 0 spiro atoms. The fourth-order valence-corrected chi connectivity index (χ4v) is 1.99. The Morgan fingerprint density at radius 2 is 2.38 bits per heavy atom. The van der Waals surface area contributed by atoms with Gasteiger partial charge in [0.2, 0.25) is 5.88 Å². The number of ether oxygens (including phenoxy) is 1. The molecule has 16 heavy (non-hydrogen) atoms. The predicted octanol–water partition coefficient (Wildman–Crippen LogP) is 2.20. The van der Waals surface area contributed by atoms with Crippen LogP contribution in [0.3, 0.4) is 0 Å². The molecule has 2 rings (SSSR count). The van der Waals surface area contributed by atoms with Gasteiger partial charge in [0.05, 0.1) is 12.8 Å². The van der Waals surface area contributed by atoms with E-state index >= 15 is 0 Å². The van der Waals surface area contributed by atoms with Gasteiger partial charge in [-0.2, -0.15) is 0 Å². The Labute approximate surface area is 101 Å². The van der Waals surface area contributed by atoms with Gasteiger partial charge in [-0.15, -0.1) is 11.6 Å². The molecule has 88 valence electrons. The first-order valence-electron chi connectivity index (χ1n) is 5.64. The number of methoxy groups -OCH3 is 1. The maximum Gasteiger partial charge on any atom is 0.213 e. The van der Waals surface area contributed by atoms with Crippen LogP contribution in [0.2, 0.25) is 0 Å². The number of pyridine rings is 1. The minimum atomic E-state index is 0.269. The van der Waals surface area contributed by atoms with E-state index < -0.39 is 0 Å². The van der Waals surface area contributed by atoms with Crippen molar-refractivity contribution in [2.75, 3.05) is 13.7 Å². The minimum Gasteiger partial charge on any atom is -0.481 e. The lowest BCUT2D eigenvalue weighted by Crippen LogP contribution is -2.24. The molecule has 0 aromatic carbocycles. The summed E-state index contributed by atoms with van der Waals surface area (Å²) in [6.07, 6.45) is 2.57.